The zero-order valence-corrected chi connectivity index (χ0v) is 9.35. The second-order valence-electron chi connectivity index (χ2n) is 3.15. The Morgan fingerprint density at radius 1 is 0.714 bits per heavy atom. The first-order chi connectivity index (χ1) is 6.93. The predicted octanol–water partition coefficient (Wildman–Crippen LogP) is 1.45. The van der Waals surface area contributed by atoms with Crippen molar-refractivity contribution in [3.05, 3.63) is 48.5 Å². The number of hydrogen-bond donors (Lipinski definition) is 0. The van der Waals surface area contributed by atoms with Gasteiger partial charge in [0.15, 0.2) is 0 Å². The van der Waals surface area contributed by atoms with Crippen LogP contribution in [0.15, 0.2) is 48.5 Å². The molecule has 0 saturated carbocycles. The third-order valence-electron chi connectivity index (χ3n) is 2.19. The molecule has 0 saturated heterocycles. The van der Waals surface area contributed by atoms with Gasteiger partial charge >= 0.3 is 89.2 Å². The molecule has 2 aromatic carbocycles. The molecule has 1 nitrogen and oxygen atoms in total. The fraction of sp³-hybridized carbons (Fsp3) is 0. The second-order valence-corrected chi connectivity index (χ2v) is 5.64. The zero-order chi connectivity index (χ0) is 9.38. The van der Waals surface area contributed by atoms with Crippen molar-refractivity contribution in [3.63, 3.8) is 0 Å². The molecule has 0 aromatic heterocycles. The zero-order valence-electron chi connectivity index (χ0n) is 7.47. The molecule has 3 rings (SSSR count). The van der Waals surface area contributed by atoms with E-state index in [0.29, 0.717) is 0 Å². The van der Waals surface area contributed by atoms with Crippen LogP contribution in [-0.4, -0.2) is 15.8 Å². The molecule has 1 heterocycles. The van der Waals surface area contributed by atoms with Crippen LogP contribution in [-0.2, 0) is 0 Å². The Kier molecular flexibility index (Phi) is 1.85. The van der Waals surface area contributed by atoms with Crippen LogP contribution in [0.3, 0.4) is 0 Å². The normalized spacial score (nSPS) is 12.6. The minimum absolute atomic E-state index is 0.102. The van der Waals surface area contributed by atoms with Crippen molar-refractivity contribution >= 4 is 24.5 Å². The first-order valence-electron chi connectivity index (χ1n) is 4.51. The van der Waals surface area contributed by atoms with E-state index in [1.165, 1.54) is 8.70 Å². The summed E-state index contributed by atoms with van der Waals surface area (Å²) in [5.41, 5.74) is 0. The second kappa shape index (κ2) is 3.18. The Labute approximate surface area is 89.4 Å². The molecule has 0 spiro atoms. The Morgan fingerprint density at radius 2 is 1.21 bits per heavy atom. The molecule has 0 amide bonds. The summed E-state index contributed by atoms with van der Waals surface area (Å²) < 4.78 is 8.53. The SMILES string of the molecule is c1ccc2c(c1)Oc1ccccc1[As]2. The molecule has 0 N–H and O–H groups in total. The quantitative estimate of drug-likeness (QED) is 0.543. The number of para-hydroxylation sites is 2. The van der Waals surface area contributed by atoms with Crippen LogP contribution < -0.4 is 13.4 Å². The van der Waals surface area contributed by atoms with Crippen molar-refractivity contribution in [1.29, 1.82) is 0 Å². The Hall–Kier alpha value is -1.20. The number of ether oxygens (including phenoxy) is 1. The van der Waals surface area contributed by atoms with Gasteiger partial charge in [0, 0.05) is 0 Å². The third-order valence-corrected chi connectivity index (χ3v) is 4.75. The van der Waals surface area contributed by atoms with Gasteiger partial charge in [-0.3, -0.25) is 0 Å². The maximum absolute atomic E-state index is 5.80. The predicted molar refractivity (Wildman–Crippen MR) is 58.0 cm³/mol. The first-order valence-corrected chi connectivity index (χ1v) is 6.39. The van der Waals surface area contributed by atoms with E-state index in [-0.39, 0.29) is 15.8 Å². The summed E-state index contributed by atoms with van der Waals surface area (Å²) in [6.45, 7) is 0. The van der Waals surface area contributed by atoms with E-state index >= 15 is 0 Å². The number of rotatable bonds is 0. The van der Waals surface area contributed by atoms with E-state index in [4.69, 9.17) is 4.74 Å². The molecule has 1 aliphatic heterocycles. The van der Waals surface area contributed by atoms with Crippen molar-refractivity contribution in [1.82, 2.24) is 0 Å². The molecule has 67 valence electrons. The molecule has 0 aliphatic carbocycles. The third kappa shape index (κ3) is 1.25. The fourth-order valence-electron chi connectivity index (χ4n) is 1.52. The van der Waals surface area contributed by atoms with Gasteiger partial charge in [0.25, 0.3) is 0 Å². The summed E-state index contributed by atoms with van der Waals surface area (Å²) in [6.07, 6.45) is 0. The molecule has 14 heavy (non-hydrogen) atoms. The van der Waals surface area contributed by atoms with Crippen molar-refractivity contribution in [2.75, 3.05) is 0 Å². The van der Waals surface area contributed by atoms with Crippen molar-refractivity contribution in [3.8, 4) is 11.5 Å². The van der Waals surface area contributed by atoms with E-state index < -0.39 is 0 Å². The summed E-state index contributed by atoms with van der Waals surface area (Å²) in [5.74, 6) is 2.07. The van der Waals surface area contributed by atoms with Gasteiger partial charge in [-0.15, -0.1) is 0 Å². The van der Waals surface area contributed by atoms with Crippen LogP contribution >= 0.6 is 0 Å². The van der Waals surface area contributed by atoms with Gasteiger partial charge in [-0.1, -0.05) is 0 Å². The van der Waals surface area contributed by atoms with Gasteiger partial charge in [-0.25, -0.2) is 0 Å². The van der Waals surface area contributed by atoms with Crippen LogP contribution in [0, 0.1) is 0 Å². The summed E-state index contributed by atoms with van der Waals surface area (Å²) in [4.78, 5) is 0. The van der Waals surface area contributed by atoms with Gasteiger partial charge in [0.1, 0.15) is 0 Å². The van der Waals surface area contributed by atoms with Crippen molar-refractivity contribution < 1.29 is 4.74 Å². The Balaban J connectivity index is 2.12. The van der Waals surface area contributed by atoms with E-state index in [9.17, 15) is 0 Å². The van der Waals surface area contributed by atoms with Crippen molar-refractivity contribution in [2.45, 2.75) is 0 Å². The van der Waals surface area contributed by atoms with Gasteiger partial charge in [0.2, 0.25) is 0 Å². The van der Waals surface area contributed by atoms with E-state index in [0.717, 1.165) is 11.5 Å². The van der Waals surface area contributed by atoms with E-state index in [1.807, 2.05) is 24.3 Å². The van der Waals surface area contributed by atoms with Crippen LogP contribution in [0.4, 0.5) is 0 Å². The topological polar surface area (TPSA) is 9.23 Å². The number of hydrogen-bond acceptors (Lipinski definition) is 1. The number of benzene rings is 2. The molecule has 0 unspecified atom stereocenters. The average molecular weight is 243 g/mol. The molecule has 0 bridgehead atoms. The van der Waals surface area contributed by atoms with Crippen LogP contribution in [0.5, 0.6) is 11.5 Å². The fourth-order valence-corrected chi connectivity index (χ4v) is 3.71. The summed E-state index contributed by atoms with van der Waals surface area (Å²) >= 11 is 0.102. The van der Waals surface area contributed by atoms with Gasteiger partial charge in [0.05, 0.1) is 0 Å². The molecular formula is C12H8AsO. The minimum atomic E-state index is 0.102. The standard InChI is InChI=1S/C12H8AsO/c1-3-7-11-9(5-1)13-10-6-2-4-8-12(10)14-11/h1-8H. The molecule has 1 aliphatic rings. The summed E-state index contributed by atoms with van der Waals surface area (Å²) in [5, 5.41) is 0. The number of fused-ring (bicyclic) bond motifs is 2. The van der Waals surface area contributed by atoms with Crippen LogP contribution in [0.2, 0.25) is 0 Å². The summed E-state index contributed by atoms with van der Waals surface area (Å²) in [6, 6.07) is 16.6. The summed E-state index contributed by atoms with van der Waals surface area (Å²) in [7, 11) is 0. The molecular weight excluding hydrogens is 235 g/mol. The van der Waals surface area contributed by atoms with Crippen LogP contribution in [0.25, 0.3) is 0 Å². The molecule has 1 radical (unpaired) electrons. The molecule has 2 heteroatoms. The molecule has 0 atom stereocenters. The van der Waals surface area contributed by atoms with E-state index in [1.54, 1.807) is 0 Å². The Bertz CT molecular complexity index is 392. The van der Waals surface area contributed by atoms with E-state index in [2.05, 4.69) is 24.3 Å². The molecule has 2 aromatic rings. The van der Waals surface area contributed by atoms with Gasteiger partial charge < -0.3 is 0 Å². The van der Waals surface area contributed by atoms with Gasteiger partial charge in [-0.05, 0) is 0 Å². The van der Waals surface area contributed by atoms with Gasteiger partial charge in [-0.2, -0.15) is 0 Å². The van der Waals surface area contributed by atoms with Crippen molar-refractivity contribution in [2.24, 2.45) is 0 Å². The van der Waals surface area contributed by atoms with Crippen LogP contribution in [0.1, 0.15) is 0 Å². The first kappa shape index (κ1) is 8.14. The Morgan fingerprint density at radius 3 is 1.79 bits per heavy atom. The average Bonchev–Trinajstić information content (AvgIpc) is 2.26. The maximum atomic E-state index is 5.80. The molecule has 0 fully saturated rings. The monoisotopic (exact) mass is 243 g/mol.